The first-order chi connectivity index (χ1) is 9.52. The number of furan rings is 1. The number of aliphatic hydroxyl groups excluding tert-OH is 1. The van der Waals surface area contributed by atoms with Crippen LogP contribution in [0, 0.1) is 13.8 Å². The fourth-order valence-electron chi connectivity index (χ4n) is 2.18. The fraction of sp³-hybridized carbons (Fsp3) is 0.429. The van der Waals surface area contributed by atoms with Gasteiger partial charge in [-0.1, -0.05) is 0 Å². The van der Waals surface area contributed by atoms with Crippen molar-refractivity contribution in [3.05, 3.63) is 41.1 Å². The van der Waals surface area contributed by atoms with Crippen LogP contribution >= 0.6 is 0 Å². The van der Waals surface area contributed by atoms with Gasteiger partial charge in [-0.2, -0.15) is 5.10 Å². The number of aryl methyl sites for hydroxylation is 2. The van der Waals surface area contributed by atoms with Gasteiger partial charge < -0.3 is 14.8 Å². The molecule has 6 nitrogen and oxygen atoms in total. The Balaban J connectivity index is 2.05. The number of nitrogens with one attached hydrogen (secondary N) is 1. The summed E-state index contributed by atoms with van der Waals surface area (Å²) in [6, 6.07) is 2.93. The summed E-state index contributed by atoms with van der Waals surface area (Å²) in [6.07, 6.45) is 1.75. The second-order valence-electron chi connectivity index (χ2n) is 4.77. The highest BCUT2D eigenvalue weighted by Crippen LogP contribution is 2.15. The van der Waals surface area contributed by atoms with E-state index in [2.05, 4.69) is 10.4 Å². The molecule has 0 aliphatic heterocycles. The quantitative estimate of drug-likeness (QED) is 0.855. The lowest BCUT2D eigenvalue weighted by Gasteiger charge is -2.14. The van der Waals surface area contributed by atoms with Crippen molar-refractivity contribution in [2.75, 3.05) is 6.61 Å². The maximum atomic E-state index is 12.1. The number of rotatable bonds is 5. The molecule has 2 heterocycles. The lowest BCUT2D eigenvalue weighted by atomic mass is 10.1. The van der Waals surface area contributed by atoms with Gasteiger partial charge in [-0.25, -0.2) is 0 Å². The van der Waals surface area contributed by atoms with Crippen LogP contribution in [0.3, 0.4) is 0 Å². The molecule has 2 aromatic heterocycles. The second-order valence-corrected chi connectivity index (χ2v) is 4.77. The van der Waals surface area contributed by atoms with Gasteiger partial charge >= 0.3 is 0 Å². The van der Waals surface area contributed by atoms with Gasteiger partial charge in [0, 0.05) is 18.3 Å². The summed E-state index contributed by atoms with van der Waals surface area (Å²) in [4.78, 5) is 12.1. The van der Waals surface area contributed by atoms with Crippen LogP contribution in [0.1, 0.15) is 28.8 Å². The number of nitrogens with zero attached hydrogens (tertiary/aromatic N) is 2. The normalized spacial score (nSPS) is 12.4. The molecule has 20 heavy (non-hydrogen) atoms. The van der Waals surface area contributed by atoms with Crippen molar-refractivity contribution in [2.24, 2.45) is 7.05 Å². The highest BCUT2D eigenvalue weighted by atomic mass is 16.3. The van der Waals surface area contributed by atoms with E-state index in [-0.39, 0.29) is 18.9 Å². The van der Waals surface area contributed by atoms with Crippen molar-refractivity contribution in [3.8, 4) is 0 Å². The molecular weight excluding hydrogens is 258 g/mol. The van der Waals surface area contributed by atoms with Crippen LogP contribution in [-0.2, 0) is 18.3 Å². The number of carbonyl (C=O) groups is 1. The third kappa shape index (κ3) is 2.91. The van der Waals surface area contributed by atoms with Gasteiger partial charge in [-0.3, -0.25) is 9.48 Å². The average molecular weight is 277 g/mol. The molecule has 2 N–H and O–H groups in total. The van der Waals surface area contributed by atoms with Gasteiger partial charge in [0.25, 0.3) is 0 Å². The monoisotopic (exact) mass is 277 g/mol. The highest BCUT2D eigenvalue weighted by molar-refractivity contribution is 5.79. The molecule has 0 saturated carbocycles. The average Bonchev–Trinajstić information content (AvgIpc) is 3.01. The zero-order chi connectivity index (χ0) is 14.7. The van der Waals surface area contributed by atoms with E-state index < -0.39 is 6.04 Å². The number of hydrogen-bond donors (Lipinski definition) is 2. The fourth-order valence-corrected chi connectivity index (χ4v) is 2.18. The molecule has 108 valence electrons. The standard InChI is InChI=1S/C14H19N3O3/c1-9-11(10(2)17(3)16-9)7-14(19)15-12(8-18)13-5-4-6-20-13/h4-6,12,18H,7-8H2,1-3H3,(H,15,19). The Hall–Kier alpha value is -2.08. The summed E-state index contributed by atoms with van der Waals surface area (Å²) in [5.74, 6) is 0.375. The van der Waals surface area contributed by atoms with Crippen LogP contribution in [0.15, 0.2) is 22.8 Å². The molecule has 6 heteroatoms. The van der Waals surface area contributed by atoms with E-state index in [1.165, 1.54) is 6.26 Å². The number of amides is 1. The third-order valence-electron chi connectivity index (χ3n) is 3.40. The van der Waals surface area contributed by atoms with E-state index in [1.807, 2.05) is 20.9 Å². The summed E-state index contributed by atoms with van der Waals surface area (Å²) in [5.41, 5.74) is 2.73. The van der Waals surface area contributed by atoms with Crippen LogP contribution in [0.5, 0.6) is 0 Å². The molecule has 1 unspecified atom stereocenters. The molecule has 0 spiro atoms. The van der Waals surface area contributed by atoms with Crippen molar-refractivity contribution in [1.29, 1.82) is 0 Å². The minimum atomic E-state index is -0.519. The number of carbonyl (C=O) groups excluding carboxylic acids is 1. The van der Waals surface area contributed by atoms with E-state index in [0.29, 0.717) is 5.76 Å². The molecule has 0 bridgehead atoms. The number of aromatic nitrogens is 2. The second kappa shape index (κ2) is 5.92. The van der Waals surface area contributed by atoms with Crippen molar-refractivity contribution >= 4 is 5.91 Å². The summed E-state index contributed by atoms with van der Waals surface area (Å²) >= 11 is 0. The zero-order valence-corrected chi connectivity index (χ0v) is 11.9. The Bertz CT molecular complexity index is 587. The van der Waals surface area contributed by atoms with Crippen molar-refractivity contribution in [2.45, 2.75) is 26.3 Å². The van der Waals surface area contributed by atoms with E-state index in [0.717, 1.165) is 17.0 Å². The van der Waals surface area contributed by atoms with Crippen LogP contribution < -0.4 is 5.32 Å². The van der Waals surface area contributed by atoms with Crippen molar-refractivity contribution < 1.29 is 14.3 Å². The molecular formula is C14H19N3O3. The van der Waals surface area contributed by atoms with Gasteiger partial charge in [-0.15, -0.1) is 0 Å². The van der Waals surface area contributed by atoms with E-state index in [4.69, 9.17) is 4.42 Å². The minimum absolute atomic E-state index is 0.167. The Morgan fingerprint density at radius 1 is 1.55 bits per heavy atom. The van der Waals surface area contributed by atoms with Gasteiger partial charge in [0.15, 0.2) is 0 Å². The molecule has 2 aromatic rings. The summed E-state index contributed by atoms with van der Waals surface area (Å²) in [7, 11) is 1.85. The first kappa shape index (κ1) is 14.3. The number of aliphatic hydroxyl groups is 1. The van der Waals surface area contributed by atoms with E-state index >= 15 is 0 Å². The molecule has 0 aliphatic rings. The van der Waals surface area contributed by atoms with Crippen molar-refractivity contribution in [3.63, 3.8) is 0 Å². The van der Waals surface area contributed by atoms with Gasteiger partial charge in [-0.05, 0) is 26.0 Å². The Kier molecular flexibility index (Phi) is 4.24. The van der Waals surface area contributed by atoms with E-state index in [9.17, 15) is 9.90 Å². The lowest BCUT2D eigenvalue weighted by molar-refractivity contribution is -0.121. The predicted octanol–water partition coefficient (Wildman–Crippen LogP) is 1.02. The summed E-state index contributed by atoms with van der Waals surface area (Å²) < 4.78 is 6.96. The first-order valence-electron chi connectivity index (χ1n) is 6.45. The van der Waals surface area contributed by atoms with Crippen LogP contribution in [-0.4, -0.2) is 27.4 Å². The lowest BCUT2D eigenvalue weighted by Crippen LogP contribution is -2.32. The maximum Gasteiger partial charge on any atom is 0.225 e. The molecule has 0 fully saturated rings. The molecule has 0 saturated heterocycles. The Labute approximate surface area is 117 Å². The Morgan fingerprint density at radius 2 is 2.30 bits per heavy atom. The summed E-state index contributed by atoms with van der Waals surface area (Å²) in [6.45, 7) is 3.61. The minimum Gasteiger partial charge on any atom is -0.467 e. The van der Waals surface area contributed by atoms with Gasteiger partial charge in [0.1, 0.15) is 11.8 Å². The first-order valence-corrected chi connectivity index (χ1v) is 6.45. The third-order valence-corrected chi connectivity index (χ3v) is 3.40. The van der Waals surface area contributed by atoms with Crippen molar-refractivity contribution in [1.82, 2.24) is 15.1 Å². The maximum absolute atomic E-state index is 12.1. The smallest absolute Gasteiger partial charge is 0.225 e. The molecule has 0 aliphatic carbocycles. The Morgan fingerprint density at radius 3 is 2.80 bits per heavy atom. The summed E-state index contributed by atoms with van der Waals surface area (Å²) in [5, 5.41) is 16.4. The van der Waals surface area contributed by atoms with Crippen LogP contribution in [0.4, 0.5) is 0 Å². The number of hydrogen-bond acceptors (Lipinski definition) is 4. The molecule has 0 radical (unpaired) electrons. The molecule has 0 aromatic carbocycles. The molecule has 2 rings (SSSR count). The topological polar surface area (TPSA) is 80.3 Å². The molecule has 1 atom stereocenters. The largest absolute Gasteiger partial charge is 0.467 e. The zero-order valence-electron chi connectivity index (χ0n) is 11.9. The van der Waals surface area contributed by atoms with Gasteiger partial charge in [0.2, 0.25) is 5.91 Å². The SMILES string of the molecule is Cc1nn(C)c(C)c1CC(=O)NC(CO)c1ccco1. The van der Waals surface area contributed by atoms with Crippen LogP contribution in [0.2, 0.25) is 0 Å². The predicted molar refractivity (Wildman–Crippen MR) is 73.1 cm³/mol. The van der Waals surface area contributed by atoms with E-state index in [1.54, 1.807) is 16.8 Å². The highest BCUT2D eigenvalue weighted by Gasteiger charge is 2.18. The molecule has 1 amide bonds. The van der Waals surface area contributed by atoms with Crippen LogP contribution in [0.25, 0.3) is 0 Å². The van der Waals surface area contributed by atoms with Gasteiger partial charge in [0.05, 0.1) is 25.0 Å².